The lowest BCUT2D eigenvalue weighted by Gasteiger charge is -2.34. The summed E-state index contributed by atoms with van der Waals surface area (Å²) >= 11 is 6.18. The van der Waals surface area contributed by atoms with Gasteiger partial charge in [0.15, 0.2) is 0 Å². The van der Waals surface area contributed by atoms with Crippen LogP contribution in [0, 0.1) is 6.67 Å². The van der Waals surface area contributed by atoms with Crippen molar-refractivity contribution in [1.82, 2.24) is 0 Å². The number of rotatable bonds is 5. The van der Waals surface area contributed by atoms with E-state index in [1.807, 2.05) is 0 Å². The van der Waals surface area contributed by atoms with Gasteiger partial charge in [-0.25, -0.2) is 0 Å². The van der Waals surface area contributed by atoms with Crippen LogP contribution in [0.25, 0.3) is 0 Å². The van der Waals surface area contributed by atoms with Crippen molar-refractivity contribution in [1.29, 1.82) is 0 Å². The molecule has 1 heterocycles. The van der Waals surface area contributed by atoms with Crippen LogP contribution in [-0.2, 0) is 0 Å². The van der Waals surface area contributed by atoms with Gasteiger partial charge in [0.05, 0.1) is 17.4 Å². The summed E-state index contributed by atoms with van der Waals surface area (Å²) in [5.41, 5.74) is 4.00. The zero-order chi connectivity index (χ0) is 17.1. The molecule has 1 aliphatic heterocycles. The van der Waals surface area contributed by atoms with Crippen LogP contribution >= 0.6 is 11.6 Å². The molecule has 25 heavy (non-hydrogen) atoms. The Bertz CT molecular complexity index is 681. The SMILES string of the molecule is ClCC[C@H](c1ccccc1)N1[CH]N(C2CCCCC2)c2ccccc21. The molecule has 0 aromatic heterocycles. The number of alkyl halides is 1. The summed E-state index contributed by atoms with van der Waals surface area (Å²) in [6.07, 6.45) is 7.61. The molecule has 0 spiro atoms. The molecular formula is C22H26ClN2. The van der Waals surface area contributed by atoms with Gasteiger partial charge in [-0.15, -0.1) is 11.6 Å². The first-order chi connectivity index (χ1) is 12.4. The highest BCUT2D eigenvalue weighted by atomic mass is 35.5. The molecule has 0 saturated heterocycles. The third kappa shape index (κ3) is 3.37. The first-order valence-corrected chi connectivity index (χ1v) is 10.0. The summed E-state index contributed by atoms with van der Waals surface area (Å²) in [5, 5.41) is 0. The van der Waals surface area contributed by atoms with Gasteiger partial charge in [0.25, 0.3) is 0 Å². The molecule has 1 fully saturated rings. The molecule has 2 aromatic carbocycles. The molecule has 1 saturated carbocycles. The van der Waals surface area contributed by atoms with E-state index in [2.05, 4.69) is 71.1 Å². The summed E-state index contributed by atoms with van der Waals surface area (Å²) in [6, 6.07) is 20.5. The topological polar surface area (TPSA) is 6.48 Å². The van der Waals surface area contributed by atoms with Gasteiger partial charge in [-0.3, -0.25) is 0 Å². The van der Waals surface area contributed by atoms with Crippen LogP contribution in [0.4, 0.5) is 11.4 Å². The Morgan fingerprint density at radius 3 is 2.28 bits per heavy atom. The molecule has 131 valence electrons. The molecule has 3 heteroatoms. The Labute approximate surface area is 156 Å². The molecule has 0 bridgehead atoms. The maximum Gasteiger partial charge on any atom is 0.143 e. The minimum Gasteiger partial charge on any atom is -0.343 e. The highest BCUT2D eigenvalue weighted by Crippen LogP contribution is 2.46. The van der Waals surface area contributed by atoms with E-state index in [4.69, 9.17) is 11.6 Å². The molecule has 0 unspecified atom stereocenters. The van der Waals surface area contributed by atoms with Crippen LogP contribution in [0.2, 0.25) is 0 Å². The van der Waals surface area contributed by atoms with Crippen molar-refractivity contribution in [3.05, 3.63) is 66.8 Å². The standard InChI is InChI=1S/C22H26ClN2/c23-16-15-20(18-9-3-1-4-10-18)25-17-24(19-11-5-2-6-12-19)21-13-7-8-14-22(21)25/h1,3-4,7-10,13-14,17,19-20H,2,5-6,11-12,15-16H2/t20-/m1/s1. The van der Waals surface area contributed by atoms with E-state index in [-0.39, 0.29) is 6.04 Å². The van der Waals surface area contributed by atoms with Crippen LogP contribution in [0.3, 0.4) is 0 Å². The van der Waals surface area contributed by atoms with Crippen molar-refractivity contribution in [3.63, 3.8) is 0 Å². The third-order valence-corrected chi connectivity index (χ3v) is 5.78. The molecular weight excluding hydrogens is 328 g/mol. The van der Waals surface area contributed by atoms with Crippen molar-refractivity contribution in [2.45, 2.75) is 50.6 Å². The quantitative estimate of drug-likeness (QED) is 0.596. The van der Waals surface area contributed by atoms with Crippen molar-refractivity contribution in [3.8, 4) is 0 Å². The van der Waals surface area contributed by atoms with E-state index in [0.717, 1.165) is 6.42 Å². The molecule has 1 aliphatic carbocycles. The van der Waals surface area contributed by atoms with Crippen molar-refractivity contribution >= 4 is 23.0 Å². The van der Waals surface area contributed by atoms with E-state index in [1.54, 1.807) is 0 Å². The van der Waals surface area contributed by atoms with Gasteiger partial charge in [0.2, 0.25) is 0 Å². The van der Waals surface area contributed by atoms with Crippen LogP contribution in [-0.4, -0.2) is 11.9 Å². The van der Waals surface area contributed by atoms with Crippen molar-refractivity contribution < 1.29 is 0 Å². The Balaban J connectivity index is 1.67. The number of benzene rings is 2. The fourth-order valence-corrected chi connectivity index (χ4v) is 4.51. The first kappa shape index (κ1) is 16.8. The van der Waals surface area contributed by atoms with E-state index in [0.29, 0.717) is 11.9 Å². The number of fused-ring (bicyclic) bond motifs is 1. The second kappa shape index (κ2) is 7.70. The third-order valence-electron chi connectivity index (χ3n) is 5.56. The van der Waals surface area contributed by atoms with Crippen molar-refractivity contribution in [2.75, 3.05) is 15.7 Å². The summed E-state index contributed by atoms with van der Waals surface area (Å²) in [7, 11) is 0. The largest absolute Gasteiger partial charge is 0.343 e. The van der Waals surface area contributed by atoms with Crippen LogP contribution in [0.1, 0.15) is 50.1 Å². The number of hydrogen-bond donors (Lipinski definition) is 0. The molecule has 1 atom stereocenters. The summed E-state index contributed by atoms with van der Waals surface area (Å²) in [6.45, 7) is 2.35. The Kier molecular flexibility index (Phi) is 5.17. The predicted molar refractivity (Wildman–Crippen MR) is 107 cm³/mol. The van der Waals surface area contributed by atoms with Gasteiger partial charge in [-0.2, -0.15) is 0 Å². The molecule has 0 N–H and O–H groups in total. The van der Waals surface area contributed by atoms with E-state index in [1.165, 1.54) is 49.0 Å². The number of para-hydroxylation sites is 2. The van der Waals surface area contributed by atoms with Gasteiger partial charge in [0, 0.05) is 11.9 Å². The predicted octanol–water partition coefficient (Wildman–Crippen LogP) is 6.14. The monoisotopic (exact) mass is 353 g/mol. The lowest BCUT2D eigenvalue weighted by atomic mass is 9.94. The van der Waals surface area contributed by atoms with Crippen LogP contribution in [0.5, 0.6) is 0 Å². The molecule has 0 amide bonds. The lowest BCUT2D eigenvalue weighted by Crippen LogP contribution is -2.37. The molecule has 1 radical (unpaired) electrons. The Morgan fingerprint density at radius 2 is 1.56 bits per heavy atom. The number of anilines is 2. The normalized spacial score (nSPS) is 19.1. The number of hydrogen-bond acceptors (Lipinski definition) is 2. The molecule has 2 aliphatic rings. The van der Waals surface area contributed by atoms with E-state index >= 15 is 0 Å². The Morgan fingerprint density at radius 1 is 0.880 bits per heavy atom. The average molecular weight is 354 g/mol. The summed E-state index contributed by atoms with van der Waals surface area (Å²) < 4.78 is 0. The van der Waals surface area contributed by atoms with Crippen LogP contribution < -0.4 is 9.80 Å². The number of halogens is 1. The zero-order valence-corrected chi connectivity index (χ0v) is 15.4. The summed E-state index contributed by atoms with van der Waals surface area (Å²) in [4.78, 5) is 4.97. The average Bonchev–Trinajstić information content (AvgIpc) is 3.07. The van der Waals surface area contributed by atoms with Gasteiger partial charge < -0.3 is 9.80 Å². The minimum atomic E-state index is 0.286. The van der Waals surface area contributed by atoms with Gasteiger partial charge >= 0.3 is 0 Å². The minimum absolute atomic E-state index is 0.286. The highest BCUT2D eigenvalue weighted by Gasteiger charge is 2.35. The van der Waals surface area contributed by atoms with Gasteiger partial charge in [0.1, 0.15) is 6.67 Å². The van der Waals surface area contributed by atoms with Crippen LogP contribution in [0.15, 0.2) is 54.6 Å². The fraction of sp³-hybridized carbons (Fsp3) is 0.409. The maximum absolute atomic E-state index is 6.18. The molecule has 2 nitrogen and oxygen atoms in total. The van der Waals surface area contributed by atoms with E-state index in [9.17, 15) is 0 Å². The Hall–Kier alpha value is -1.67. The number of nitrogens with zero attached hydrogens (tertiary/aromatic N) is 2. The lowest BCUT2D eigenvalue weighted by molar-refractivity contribution is 0.427. The molecule has 4 rings (SSSR count). The summed E-state index contributed by atoms with van der Waals surface area (Å²) in [5.74, 6) is 0.662. The molecule has 2 aromatic rings. The zero-order valence-electron chi connectivity index (χ0n) is 14.7. The maximum atomic E-state index is 6.18. The van der Waals surface area contributed by atoms with Gasteiger partial charge in [-0.05, 0) is 37.0 Å². The first-order valence-electron chi connectivity index (χ1n) is 9.50. The highest BCUT2D eigenvalue weighted by molar-refractivity contribution is 6.17. The van der Waals surface area contributed by atoms with Gasteiger partial charge in [-0.1, -0.05) is 61.7 Å². The van der Waals surface area contributed by atoms with E-state index < -0.39 is 0 Å². The fourth-order valence-electron chi connectivity index (χ4n) is 4.30. The second-order valence-electron chi connectivity index (χ2n) is 7.11. The van der Waals surface area contributed by atoms with Crippen molar-refractivity contribution in [2.24, 2.45) is 0 Å². The second-order valence-corrected chi connectivity index (χ2v) is 7.49. The smallest absolute Gasteiger partial charge is 0.143 e.